The zero-order chi connectivity index (χ0) is 14.1. The molecule has 0 aromatic carbocycles. The van der Waals surface area contributed by atoms with Crippen LogP contribution in [0.15, 0.2) is 17.5 Å². The summed E-state index contributed by atoms with van der Waals surface area (Å²) in [5.74, 6) is -0.406. The van der Waals surface area contributed by atoms with Crippen LogP contribution in [0.2, 0.25) is 0 Å². The Kier molecular flexibility index (Phi) is 7.18. The number of carbonyl (C=O) groups excluding carboxylic acids is 1. The zero-order valence-corrected chi connectivity index (χ0v) is 12.0. The molecule has 0 bridgehead atoms. The molecule has 1 aromatic heterocycles. The molecule has 1 unspecified atom stereocenters. The van der Waals surface area contributed by atoms with Crippen LogP contribution in [0, 0.1) is 5.92 Å². The zero-order valence-electron chi connectivity index (χ0n) is 11.2. The van der Waals surface area contributed by atoms with E-state index in [1.807, 2.05) is 11.4 Å². The number of carboxylic acids is 1. The van der Waals surface area contributed by atoms with Crippen LogP contribution in [0.3, 0.4) is 0 Å². The minimum Gasteiger partial charge on any atom is -0.481 e. The van der Waals surface area contributed by atoms with Crippen molar-refractivity contribution in [3.63, 3.8) is 0 Å². The standard InChI is InChI=1S/C14H21NO3S/c1-2-4-11(6-7-13(16)17)8-9-15-14(18)12-5-3-10-19-12/h3,5,10-11H,2,4,6-9H2,1H3,(H,15,18)(H,16,17). The van der Waals surface area contributed by atoms with Crippen LogP contribution >= 0.6 is 11.3 Å². The summed E-state index contributed by atoms with van der Waals surface area (Å²) in [5, 5.41) is 13.5. The Labute approximate surface area is 117 Å². The molecule has 0 saturated carbocycles. The third-order valence-electron chi connectivity index (χ3n) is 3.05. The topological polar surface area (TPSA) is 66.4 Å². The summed E-state index contributed by atoms with van der Waals surface area (Å²) < 4.78 is 0. The molecule has 2 N–H and O–H groups in total. The number of carbonyl (C=O) groups is 2. The van der Waals surface area contributed by atoms with Crippen LogP contribution in [-0.2, 0) is 4.79 Å². The SMILES string of the molecule is CCCC(CCNC(=O)c1cccs1)CCC(=O)O. The fourth-order valence-electron chi connectivity index (χ4n) is 2.05. The van der Waals surface area contributed by atoms with Gasteiger partial charge in [-0.3, -0.25) is 9.59 Å². The van der Waals surface area contributed by atoms with Crippen LogP contribution in [0.5, 0.6) is 0 Å². The van der Waals surface area contributed by atoms with E-state index < -0.39 is 5.97 Å². The molecule has 0 saturated heterocycles. The highest BCUT2D eigenvalue weighted by Crippen LogP contribution is 2.17. The summed E-state index contributed by atoms with van der Waals surface area (Å²) >= 11 is 1.42. The highest BCUT2D eigenvalue weighted by Gasteiger charge is 2.11. The second-order valence-electron chi connectivity index (χ2n) is 4.61. The Morgan fingerprint density at radius 3 is 2.74 bits per heavy atom. The first kappa shape index (κ1) is 15.7. The Morgan fingerprint density at radius 2 is 2.16 bits per heavy atom. The third kappa shape index (κ3) is 6.38. The van der Waals surface area contributed by atoms with E-state index in [1.165, 1.54) is 11.3 Å². The van der Waals surface area contributed by atoms with Gasteiger partial charge in [0, 0.05) is 13.0 Å². The van der Waals surface area contributed by atoms with E-state index in [0.29, 0.717) is 18.9 Å². The molecule has 0 aliphatic carbocycles. The smallest absolute Gasteiger partial charge is 0.303 e. The molecule has 106 valence electrons. The number of rotatable bonds is 9. The van der Waals surface area contributed by atoms with E-state index in [1.54, 1.807) is 6.07 Å². The van der Waals surface area contributed by atoms with Gasteiger partial charge in [-0.15, -0.1) is 11.3 Å². The molecule has 1 rings (SSSR count). The third-order valence-corrected chi connectivity index (χ3v) is 3.92. The highest BCUT2D eigenvalue weighted by molar-refractivity contribution is 7.12. The number of aliphatic carboxylic acids is 1. The molecule has 0 aliphatic heterocycles. The van der Waals surface area contributed by atoms with Gasteiger partial charge in [-0.05, 0) is 30.2 Å². The van der Waals surface area contributed by atoms with Crippen LogP contribution in [0.4, 0.5) is 0 Å². The largest absolute Gasteiger partial charge is 0.481 e. The lowest BCUT2D eigenvalue weighted by atomic mass is 9.94. The van der Waals surface area contributed by atoms with Crippen molar-refractivity contribution in [1.29, 1.82) is 0 Å². The summed E-state index contributed by atoms with van der Waals surface area (Å²) in [6, 6.07) is 3.65. The van der Waals surface area contributed by atoms with Gasteiger partial charge < -0.3 is 10.4 Å². The normalized spacial score (nSPS) is 12.1. The highest BCUT2D eigenvalue weighted by atomic mass is 32.1. The van der Waals surface area contributed by atoms with Gasteiger partial charge in [-0.25, -0.2) is 0 Å². The van der Waals surface area contributed by atoms with E-state index in [9.17, 15) is 9.59 Å². The second-order valence-corrected chi connectivity index (χ2v) is 5.56. The van der Waals surface area contributed by atoms with Gasteiger partial charge in [0.05, 0.1) is 4.88 Å². The Balaban J connectivity index is 2.27. The first-order valence-corrected chi connectivity index (χ1v) is 7.55. The molecule has 1 heterocycles. The van der Waals surface area contributed by atoms with Gasteiger partial charge >= 0.3 is 5.97 Å². The molecular formula is C14H21NO3S. The minimum atomic E-state index is -0.747. The maximum absolute atomic E-state index is 11.7. The van der Waals surface area contributed by atoms with E-state index in [2.05, 4.69) is 12.2 Å². The average molecular weight is 283 g/mol. The maximum atomic E-state index is 11.7. The monoisotopic (exact) mass is 283 g/mol. The van der Waals surface area contributed by atoms with E-state index >= 15 is 0 Å². The summed E-state index contributed by atoms with van der Waals surface area (Å²) in [6.07, 6.45) is 3.81. The Hall–Kier alpha value is -1.36. The summed E-state index contributed by atoms with van der Waals surface area (Å²) in [7, 11) is 0. The number of amides is 1. The van der Waals surface area contributed by atoms with Gasteiger partial charge in [0.15, 0.2) is 0 Å². The van der Waals surface area contributed by atoms with Gasteiger partial charge in [-0.1, -0.05) is 25.8 Å². The molecule has 1 amide bonds. The number of carboxylic acid groups (broad SMARTS) is 1. The summed E-state index contributed by atoms with van der Waals surface area (Å²) in [5.41, 5.74) is 0. The summed E-state index contributed by atoms with van der Waals surface area (Å²) in [6.45, 7) is 2.71. The Bertz CT molecular complexity index is 389. The molecule has 1 aromatic rings. The van der Waals surface area contributed by atoms with Gasteiger partial charge in [0.1, 0.15) is 0 Å². The fourth-order valence-corrected chi connectivity index (χ4v) is 2.69. The van der Waals surface area contributed by atoms with Crippen LogP contribution in [-0.4, -0.2) is 23.5 Å². The van der Waals surface area contributed by atoms with Crippen molar-refractivity contribution in [1.82, 2.24) is 5.32 Å². The molecule has 19 heavy (non-hydrogen) atoms. The van der Waals surface area contributed by atoms with E-state index in [0.717, 1.165) is 24.1 Å². The first-order valence-electron chi connectivity index (χ1n) is 6.67. The van der Waals surface area contributed by atoms with Gasteiger partial charge in [0.2, 0.25) is 0 Å². The van der Waals surface area contributed by atoms with Gasteiger partial charge in [0.25, 0.3) is 5.91 Å². The van der Waals surface area contributed by atoms with Crippen LogP contribution in [0.1, 0.15) is 48.7 Å². The average Bonchev–Trinajstić information content (AvgIpc) is 2.89. The number of hydrogen-bond acceptors (Lipinski definition) is 3. The van der Waals surface area contributed by atoms with Crippen molar-refractivity contribution in [2.45, 2.75) is 39.0 Å². The Morgan fingerprint density at radius 1 is 1.37 bits per heavy atom. The maximum Gasteiger partial charge on any atom is 0.303 e. The lowest BCUT2D eigenvalue weighted by molar-refractivity contribution is -0.137. The van der Waals surface area contributed by atoms with Crippen molar-refractivity contribution in [2.75, 3.05) is 6.54 Å². The van der Waals surface area contributed by atoms with E-state index in [-0.39, 0.29) is 12.3 Å². The van der Waals surface area contributed by atoms with Crippen LogP contribution < -0.4 is 5.32 Å². The number of thiophene rings is 1. The second kappa shape index (κ2) is 8.69. The lowest BCUT2D eigenvalue weighted by Gasteiger charge is -2.15. The molecule has 5 heteroatoms. The van der Waals surface area contributed by atoms with Crippen molar-refractivity contribution in [3.8, 4) is 0 Å². The number of nitrogens with one attached hydrogen (secondary N) is 1. The molecular weight excluding hydrogens is 262 g/mol. The van der Waals surface area contributed by atoms with Crippen molar-refractivity contribution >= 4 is 23.2 Å². The number of hydrogen-bond donors (Lipinski definition) is 2. The molecule has 1 atom stereocenters. The minimum absolute atomic E-state index is 0.0384. The van der Waals surface area contributed by atoms with E-state index in [4.69, 9.17) is 5.11 Å². The first-order chi connectivity index (χ1) is 9.13. The van der Waals surface area contributed by atoms with Gasteiger partial charge in [-0.2, -0.15) is 0 Å². The van der Waals surface area contributed by atoms with Crippen molar-refractivity contribution < 1.29 is 14.7 Å². The molecule has 0 radical (unpaired) electrons. The molecule has 0 aliphatic rings. The predicted octanol–water partition coefficient (Wildman–Crippen LogP) is 3.15. The fraction of sp³-hybridized carbons (Fsp3) is 0.571. The quantitative estimate of drug-likeness (QED) is 0.731. The van der Waals surface area contributed by atoms with Crippen molar-refractivity contribution in [2.24, 2.45) is 5.92 Å². The molecule has 0 fully saturated rings. The summed E-state index contributed by atoms with van der Waals surface area (Å²) in [4.78, 5) is 23.0. The van der Waals surface area contributed by atoms with Crippen molar-refractivity contribution in [3.05, 3.63) is 22.4 Å². The predicted molar refractivity (Wildman–Crippen MR) is 76.5 cm³/mol. The van der Waals surface area contributed by atoms with Crippen LogP contribution in [0.25, 0.3) is 0 Å². The molecule has 4 nitrogen and oxygen atoms in total. The molecule has 0 spiro atoms. The lowest BCUT2D eigenvalue weighted by Crippen LogP contribution is -2.25.